The summed E-state index contributed by atoms with van der Waals surface area (Å²) in [5, 5.41) is 3.28. The zero-order valence-corrected chi connectivity index (χ0v) is 10.0. The van der Waals surface area contributed by atoms with Gasteiger partial charge in [-0.05, 0) is 37.2 Å². The lowest BCUT2D eigenvalue weighted by Crippen LogP contribution is -2.36. The van der Waals surface area contributed by atoms with Crippen molar-refractivity contribution in [1.82, 2.24) is 15.2 Å². The first-order chi connectivity index (χ1) is 7.75. The van der Waals surface area contributed by atoms with Crippen molar-refractivity contribution < 1.29 is 0 Å². The Hall–Kier alpha value is -1.19. The average Bonchev–Trinajstić information content (AvgIpc) is 2.15. The molecule has 0 aromatic carbocycles. The van der Waals surface area contributed by atoms with Crippen LogP contribution in [0.1, 0.15) is 12.5 Å². The highest BCUT2D eigenvalue weighted by atomic mass is 15.1. The fourth-order valence-corrected chi connectivity index (χ4v) is 1.92. The average molecular weight is 217 g/mol. The van der Waals surface area contributed by atoms with Gasteiger partial charge in [-0.2, -0.15) is 0 Å². The summed E-state index contributed by atoms with van der Waals surface area (Å²) in [6.45, 7) is 6.43. The van der Waals surface area contributed by atoms with Gasteiger partial charge in [-0.25, -0.2) is 0 Å². The number of aromatic nitrogens is 1. The molecular formula is C13H19N3. The number of pyridine rings is 1. The highest BCUT2D eigenvalue weighted by molar-refractivity contribution is 5.22. The van der Waals surface area contributed by atoms with Gasteiger partial charge in [0.05, 0.1) is 0 Å². The Morgan fingerprint density at radius 2 is 2.06 bits per heavy atom. The van der Waals surface area contributed by atoms with Crippen LogP contribution in [0, 0.1) is 0 Å². The molecule has 1 fully saturated rings. The number of nitrogens with zero attached hydrogens (tertiary/aromatic N) is 2. The highest BCUT2D eigenvalue weighted by Gasteiger charge is 2.11. The quantitative estimate of drug-likeness (QED) is 0.773. The molecule has 0 saturated carbocycles. The van der Waals surface area contributed by atoms with E-state index in [0.29, 0.717) is 0 Å². The number of likely N-dealkylation sites (N-methyl/N-ethyl adjacent to an activating group) is 1. The number of nitrogens with one attached hydrogen (secondary N) is 1. The predicted octanol–water partition coefficient (Wildman–Crippen LogP) is 1.43. The van der Waals surface area contributed by atoms with Crippen LogP contribution < -0.4 is 5.32 Å². The van der Waals surface area contributed by atoms with Crippen LogP contribution in [0.2, 0.25) is 0 Å². The molecule has 0 radical (unpaired) electrons. The molecule has 16 heavy (non-hydrogen) atoms. The Morgan fingerprint density at radius 1 is 1.38 bits per heavy atom. The Bertz CT molecular complexity index is 364. The second-order valence-electron chi connectivity index (χ2n) is 4.52. The lowest BCUT2D eigenvalue weighted by atomic mass is 10.0. The van der Waals surface area contributed by atoms with Gasteiger partial charge in [0.15, 0.2) is 0 Å². The maximum atomic E-state index is 4.03. The van der Waals surface area contributed by atoms with Crippen molar-refractivity contribution in [2.24, 2.45) is 0 Å². The summed E-state index contributed by atoms with van der Waals surface area (Å²) in [4.78, 5) is 6.37. The Kier molecular flexibility index (Phi) is 3.70. The van der Waals surface area contributed by atoms with Gasteiger partial charge in [0, 0.05) is 38.6 Å². The number of rotatable bonds is 4. The van der Waals surface area contributed by atoms with E-state index in [4.69, 9.17) is 0 Å². The van der Waals surface area contributed by atoms with Crippen LogP contribution in [-0.2, 0) is 6.54 Å². The third kappa shape index (κ3) is 2.90. The van der Waals surface area contributed by atoms with Crippen LogP contribution in [0.25, 0.3) is 0 Å². The van der Waals surface area contributed by atoms with Crippen molar-refractivity contribution >= 4 is 0 Å². The van der Waals surface area contributed by atoms with E-state index in [0.717, 1.165) is 26.2 Å². The molecule has 0 atom stereocenters. The minimum atomic E-state index is 0.987. The van der Waals surface area contributed by atoms with Gasteiger partial charge in [0.25, 0.3) is 0 Å². The molecule has 0 amide bonds. The maximum Gasteiger partial charge on any atom is 0.0271 e. The van der Waals surface area contributed by atoms with Crippen LogP contribution in [-0.4, -0.2) is 36.6 Å². The van der Waals surface area contributed by atoms with Crippen LogP contribution in [0.5, 0.6) is 0 Å². The first kappa shape index (κ1) is 11.3. The van der Waals surface area contributed by atoms with Gasteiger partial charge in [0.1, 0.15) is 0 Å². The van der Waals surface area contributed by atoms with E-state index in [9.17, 15) is 0 Å². The highest BCUT2D eigenvalue weighted by Crippen LogP contribution is 2.11. The minimum Gasteiger partial charge on any atom is -0.309 e. The second-order valence-corrected chi connectivity index (χ2v) is 4.52. The zero-order valence-electron chi connectivity index (χ0n) is 10.0. The Balaban J connectivity index is 1.87. The topological polar surface area (TPSA) is 28.2 Å². The van der Waals surface area contributed by atoms with Crippen LogP contribution in [0.3, 0.4) is 0 Å². The minimum absolute atomic E-state index is 0.987. The molecule has 2 heterocycles. The molecular weight excluding hydrogens is 198 g/mol. The molecule has 1 aromatic rings. The molecule has 1 N–H and O–H groups in total. The summed E-state index contributed by atoms with van der Waals surface area (Å²) in [5.41, 5.74) is 4.40. The lowest BCUT2D eigenvalue weighted by Gasteiger charge is -2.25. The first-order valence-electron chi connectivity index (χ1n) is 5.71. The van der Waals surface area contributed by atoms with Crippen LogP contribution in [0.15, 0.2) is 35.7 Å². The fraction of sp³-hybridized carbons (Fsp3) is 0.462. The van der Waals surface area contributed by atoms with E-state index in [1.54, 1.807) is 5.57 Å². The van der Waals surface area contributed by atoms with Gasteiger partial charge in [-0.1, -0.05) is 5.57 Å². The monoisotopic (exact) mass is 217 g/mol. The molecule has 0 unspecified atom stereocenters. The summed E-state index contributed by atoms with van der Waals surface area (Å²) in [5.74, 6) is 0. The Labute approximate surface area is 97.2 Å². The molecule has 1 aromatic heterocycles. The van der Waals surface area contributed by atoms with E-state index in [1.165, 1.54) is 11.1 Å². The molecule has 0 spiro atoms. The molecule has 0 bridgehead atoms. The van der Waals surface area contributed by atoms with Crippen molar-refractivity contribution in [2.45, 2.75) is 13.5 Å². The Morgan fingerprint density at radius 3 is 2.62 bits per heavy atom. The smallest absolute Gasteiger partial charge is 0.0271 e. The normalized spacial score (nSPS) is 15.1. The zero-order chi connectivity index (χ0) is 11.4. The van der Waals surface area contributed by atoms with Gasteiger partial charge in [-0.3, -0.25) is 9.88 Å². The van der Waals surface area contributed by atoms with E-state index < -0.39 is 0 Å². The summed E-state index contributed by atoms with van der Waals surface area (Å²) >= 11 is 0. The summed E-state index contributed by atoms with van der Waals surface area (Å²) in [6, 6.07) is 4.15. The summed E-state index contributed by atoms with van der Waals surface area (Å²) < 4.78 is 0. The van der Waals surface area contributed by atoms with E-state index in [2.05, 4.69) is 41.3 Å². The lowest BCUT2D eigenvalue weighted by molar-refractivity contribution is 0.352. The standard InChI is InChI=1S/C13H19N3/c1-11(13-7-15-8-13)9-16(2)10-12-3-5-14-6-4-12/h3-6,15H,7-10H2,1-2H3. The van der Waals surface area contributed by atoms with Gasteiger partial charge >= 0.3 is 0 Å². The molecule has 3 heteroatoms. The van der Waals surface area contributed by atoms with Crippen molar-refractivity contribution in [3.63, 3.8) is 0 Å². The fourth-order valence-electron chi connectivity index (χ4n) is 1.92. The second kappa shape index (κ2) is 5.23. The van der Waals surface area contributed by atoms with E-state index >= 15 is 0 Å². The van der Waals surface area contributed by atoms with Gasteiger partial charge < -0.3 is 5.32 Å². The third-order valence-corrected chi connectivity index (χ3v) is 2.99. The summed E-state index contributed by atoms with van der Waals surface area (Å²) in [7, 11) is 2.16. The first-order valence-corrected chi connectivity index (χ1v) is 5.71. The number of hydrogen-bond acceptors (Lipinski definition) is 3. The number of hydrogen-bond donors (Lipinski definition) is 1. The van der Waals surface area contributed by atoms with Gasteiger partial charge in [0.2, 0.25) is 0 Å². The largest absolute Gasteiger partial charge is 0.309 e. The molecule has 86 valence electrons. The SMILES string of the molecule is CC(CN(C)Cc1ccncc1)=C1CNC1. The van der Waals surface area contributed by atoms with Crippen molar-refractivity contribution in [1.29, 1.82) is 0 Å². The molecule has 1 aliphatic heterocycles. The van der Waals surface area contributed by atoms with E-state index in [-0.39, 0.29) is 0 Å². The maximum absolute atomic E-state index is 4.03. The summed E-state index contributed by atoms with van der Waals surface area (Å²) in [6.07, 6.45) is 3.70. The van der Waals surface area contributed by atoms with E-state index in [1.807, 2.05) is 12.4 Å². The van der Waals surface area contributed by atoms with Crippen molar-refractivity contribution in [3.8, 4) is 0 Å². The predicted molar refractivity (Wildman–Crippen MR) is 66.1 cm³/mol. The third-order valence-electron chi connectivity index (χ3n) is 2.99. The molecule has 2 rings (SSSR count). The molecule has 3 nitrogen and oxygen atoms in total. The van der Waals surface area contributed by atoms with Crippen LogP contribution >= 0.6 is 0 Å². The van der Waals surface area contributed by atoms with Crippen LogP contribution in [0.4, 0.5) is 0 Å². The molecule has 0 aliphatic carbocycles. The van der Waals surface area contributed by atoms with Crippen molar-refractivity contribution in [3.05, 3.63) is 41.2 Å². The molecule has 1 aliphatic rings. The van der Waals surface area contributed by atoms with Crippen molar-refractivity contribution in [2.75, 3.05) is 26.7 Å². The molecule has 1 saturated heterocycles. The van der Waals surface area contributed by atoms with Gasteiger partial charge in [-0.15, -0.1) is 0 Å².